The van der Waals surface area contributed by atoms with Crippen molar-refractivity contribution in [3.05, 3.63) is 29.6 Å². The van der Waals surface area contributed by atoms with Gasteiger partial charge in [0.15, 0.2) is 18.2 Å². The van der Waals surface area contributed by atoms with Gasteiger partial charge in [-0.25, -0.2) is 9.18 Å². The molecule has 0 aromatic heterocycles. The number of rotatable bonds is 7. The highest BCUT2D eigenvalue weighted by atomic mass is 19.1. The fourth-order valence-corrected chi connectivity index (χ4v) is 1.38. The number of nitrogens with two attached hydrogens (primary N) is 1. The molecule has 0 amide bonds. The summed E-state index contributed by atoms with van der Waals surface area (Å²) in [7, 11) is 0. The second-order valence-corrected chi connectivity index (χ2v) is 3.79. The minimum Gasteiger partial charge on any atom is -0.478 e. The molecular formula is C13H18FNO3. The lowest BCUT2D eigenvalue weighted by molar-refractivity contribution is -0.146. The van der Waals surface area contributed by atoms with Gasteiger partial charge in [0.2, 0.25) is 0 Å². The van der Waals surface area contributed by atoms with Crippen molar-refractivity contribution in [1.82, 2.24) is 0 Å². The van der Waals surface area contributed by atoms with Gasteiger partial charge in [0, 0.05) is 12.1 Å². The van der Waals surface area contributed by atoms with Crippen LogP contribution in [0.1, 0.15) is 25.3 Å². The second-order valence-electron chi connectivity index (χ2n) is 3.79. The number of esters is 1. The number of ether oxygens (including phenoxy) is 2. The first-order chi connectivity index (χ1) is 8.69. The third kappa shape index (κ3) is 4.33. The van der Waals surface area contributed by atoms with E-state index in [-0.39, 0.29) is 18.9 Å². The van der Waals surface area contributed by atoms with E-state index in [4.69, 9.17) is 15.2 Å². The number of carbonyl (C=O) groups is 1. The molecule has 0 spiro atoms. The zero-order valence-corrected chi connectivity index (χ0v) is 10.4. The zero-order chi connectivity index (χ0) is 13.4. The number of hydrogen-bond acceptors (Lipinski definition) is 4. The molecule has 0 unspecified atom stereocenters. The summed E-state index contributed by atoms with van der Waals surface area (Å²) in [6, 6.07) is 4.46. The SMILES string of the molecule is CCCCOC(=O)COc1c(F)cccc1CN. The Hall–Kier alpha value is -1.62. The quantitative estimate of drug-likeness (QED) is 0.598. The van der Waals surface area contributed by atoms with Crippen LogP contribution in [0.2, 0.25) is 0 Å². The van der Waals surface area contributed by atoms with Gasteiger partial charge in [0.05, 0.1) is 6.61 Å². The number of benzene rings is 1. The third-order valence-corrected chi connectivity index (χ3v) is 2.36. The molecule has 1 aromatic carbocycles. The maximum absolute atomic E-state index is 13.5. The molecule has 1 aromatic rings. The molecule has 2 N–H and O–H groups in total. The smallest absolute Gasteiger partial charge is 0.344 e. The summed E-state index contributed by atoms with van der Waals surface area (Å²) in [5.41, 5.74) is 5.99. The van der Waals surface area contributed by atoms with Crippen LogP contribution in [-0.4, -0.2) is 19.2 Å². The van der Waals surface area contributed by atoms with Crippen molar-refractivity contribution in [2.75, 3.05) is 13.2 Å². The molecule has 100 valence electrons. The minimum absolute atomic E-state index is 0.0208. The summed E-state index contributed by atoms with van der Waals surface area (Å²) >= 11 is 0. The molecule has 0 aliphatic heterocycles. The summed E-state index contributed by atoms with van der Waals surface area (Å²) < 4.78 is 23.5. The Morgan fingerprint density at radius 1 is 1.44 bits per heavy atom. The molecule has 18 heavy (non-hydrogen) atoms. The average molecular weight is 255 g/mol. The molecule has 0 heterocycles. The van der Waals surface area contributed by atoms with Gasteiger partial charge in [-0.05, 0) is 12.5 Å². The fraction of sp³-hybridized carbons (Fsp3) is 0.462. The topological polar surface area (TPSA) is 61.5 Å². The molecule has 0 radical (unpaired) electrons. The van der Waals surface area contributed by atoms with Crippen LogP contribution in [0.15, 0.2) is 18.2 Å². The summed E-state index contributed by atoms with van der Waals surface area (Å²) in [4.78, 5) is 11.3. The molecule has 0 aliphatic carbocycles. The maximum atomic E-state index is 13.5. The van der Waals surface area contributed by atoms with E-state index in [1.54, 1.807) is 12.1 Å². The van der Waals surface area contributed by atoms with E-state index in [9.17, 15) is 9.18 Å². The summed E-state index contributed by atoms with van der Waals surface area (Å²) in [6.45, 7) is 2.20. The summed E-state index contributed by atoms with van der Waals surface area (Å²) in [5, 5.41) is 0. The Kier molecular flexibility index (Phi) is 6.14. The molecule has 0 saturated carbocycles. The summed E-state index contributed by atoms with van der Waals surface area (Å²) in [5.74, 6) is -1.01. The molecule has 1 rings (SSSR count). The minimum atomic E-state index is -0.528. The normalized spacial score (nSPS) is 10.2. The Bertz CT molecular complexity index is 396. The van der Waals surface area contributed by atoms with E-state index in [1.807, 2.05) is 6.92 Å². The number of hydrogen-bond donors (Lipinski definition) is 1. The van der Waals surface area contributed by atoms with Crippen LogP contribution >= 0.6 is 0 Å². The molecule has 0 saturated heterocycles. The van der Waals surface area contributed by atoms with E-state index < -0.39 is 11.8 Å². The monoisotopic (exact) mass is 255 g/mol. The third-order valence-electron chi connectivity index (χ3n) is 2.36. The van der Waals surface area contributed by atoms with E-state index in [0.29, 0.717) is 12.2 Å². The Labute approximate surface area is 106 Å². The Morgan fingerprint density at radius 2 is 2.22 bits per heavy atom. The predicted molar refractivity (Wildman–Crippen MR) is 65.7 cm³/mol. The predicted octanol–water partition coefficient (Wildman–Crippen LogP) is 2.01. The van der Waals surface area contributed by atoms with Crippen LogP contribution in [0.3, 0.4) is 0 Å². The molecule has 0 atom stereocenters. The molecule has 0 fully saturated rings. The van der Waals surface area contributed by atoms with Crippen molar-refractivity contribution < 1.29 is 18.7 Å². The number of halogens is 1. The highest BCUT2D eigenvalue weighted by molar-refractivity contribution is 5.71. The van der Waals surface area contributed by atoms with Gasteiger partial charge in [-0.15, -0.1) is 0 Å². The standard InChI is InChI=1S/C13H18FNO3/c1-2-3-7-17-12(16)9-18-13-10(8-15)5-4-6-11(13)14/h4-6H,2-3,7-9,15H2,1H3. The van der Waals surface area contributed by atoms with E-state index in [2.05, 4.69) is 0 Å². The van der Waals surface area contributed by atoms with Crippen molar-refractivity contribution in [1.29, 1.82) is 0 Å². The van der Waals surface area contributed by atoms with Crippen molar-refractivity contribution >= 4 is 5.97 Å². The van der Waals surface area contributed by atoms with Crippen LogP contribution in [0.25, 0.3) is 0 Å². The van der Waals surface area contributed by atoms with E-state index in [0.717, 1.165) is 12.8 Å². The van der Waals surface area contributed by atoms with Gasteiger partial charge in [-0.1, -0.05) is 25.5 Å². The van der Waals surface area contributed by atoms with Gasteiger partial charge in [-0.3, -0.25) is 0 Å². The fourth-order valence-electron chi connectivity index (χ4n) is 1.38. The molecule has 0 bridgehead atoms. The Balaban J connectivity index is 2.50. The van der Waals surface area contributed by atoms with Gasteiger partial charge in [0.1, 0.15) is 0 Å². The largest absolute Gasteiger partial charge is 0.478 e. The zero-order valence-electron chi connectivity index (χ0n) is 10.4. The van der Waals surface area contributed by atoms with E-state index in [1.165, 1.54) is 6.07 Å². The highest BCUT2D eigenvalue weighted by Crippen LogP contribution is 2.22. The van der Waals surface area contributed by atoms with Gasteiger partial charge >= 0.3 is 5.97 Å². The van der Waals surface area contributed by atoms with Crippen LogP contribution < -0.4 is 10.5 Å². The van der Waals surface area contributed by atoms with Crippen molar-refractivity contribution in [3.8, 4) is 5.75 Å². The maximum Gasteiger partial charge on any atom is 0.344 e. The lowest BCUT2D eigenvalue weighted by Gasteiger charge is -2.10. The first-order valence-electron chi connectivity index (χ1n) is 5.95. The molecule has 5 heteroatoms. The average Bonchev–Trinajstić information content (AvgIpc) is 2.37. The molecule has 0 aliphatic rings. The molecular weight excluding hydrogens is 237 g/mol. The van der Waals surface area contributed by atoms with Crippen LogP contribution in [0, 0.1) is 5.82 Å². The first-order valence-corrected chi connectivity index (χ1v) is 5.95. The highest BCUT2D eigenvalue weighted by Gasteiger charge is 2.11. The van der Waals surface area contributed by atoms with Crippen LogP contribution in [0.4, 0.5) is 4.39 Å². The molecule has 4 nitrogen and oxygen atoms in total. The van der Waals surface area contributed by atoms with Crippen molar-refractivity contribution in [3.63, 3.8) is 0 Å². The van der Waals surface area contributed by atoms with E-state index >= 15 is 0 Å². The van der Waals surface area contributed by atoms with Crippen LogP contribution in [-0.2, 0) is 16.1 Å². The van der Waals surface area contributed by atoms with Gasteiger partial charge in [-0.2, -0.15) is 0 Å². The van der Waals surface area contributed by atoms with Crippen LogP contribution in [0.5, 0.6) is 5.75 Å². The Morgan fingerprint density at radius 3 is 2.89 bits per heavy atom. The van der Waals surface area contributed by atoms with Crippen molar-refractivity contribution in [2.45, 2.75) is 26.3 Å². The number of unbranched alkanes of at least 4 members (excludes halogenated alkanes) is 1. The van der Waals surface area contributed by atoms with Gasteiger partial charge in [0.25, 0.3) is 0 Å². The van der Waals surface area contributed by atoms with Crippen molar-refractivity contribution in [2.24, 2.45) is 5.73 Å². The first kappa shape index (κ1) is 14.4. The lowest BCUT2D eigenvalue weighted by Crippen LogP contribution is -2.17. The van der Waals surface area contributed by atoms with Gasteiger partial charge < -0.3 is 15.2 Å². The lowest BCUT2D eigenvalue weighted by atomic mass is 10.2. The second kappa shape index (κ2) is 7.66. The number of para-hydroxylation sites is 1. The number of carbonyl (C=O) groups excluding carboxylic acids is 1. The summed E-state index contributed by atoms with van der Waals surface area (Å²) in [6.07, 6.45) is 1.75.